The van der Waals surface area contributed by atoms with E-state index in [9.17, 15) is 4.79 Å². The van der Waals surface area contributed by atoms with Crippen LogP contribution in [0.2, 0.25) is 0 Å². The average Bonchev–Trinajstić information content (AvgIpc) is 3.14. The third-order valence-corrected chi connectivity index (χ3v) is 4.34. The lowest BCUT2D eigenvalue weighted by Crippen LogP contribution is -2.32. The zero-order valence-electron chi connectivity index (χ0n) is 15.5. The van der Waals surface area contributed by atoms with Crippen molar-refractivity contribution < 1.29 is 4.79 Å². The van der Waals surface area contributed by atoms with Gasteiger partial charge in [-0.1, -0.05) is 6.07 Å². The first-order valence-electron chi connectivity index (χ1n) is 8.93. The van der Waals surface area contributed by atoms with Crippen molar-refractivity contribution in [3.05, 3.63) is 41.9 Å². The number of rotatable bonds is 7. The lowest BCUT2D eigenvalue weighted by atomic mass is 10.1. The van der Waals surface area contributed by atoms with E-state index in [0.717, 1.165) is 50.3 Å². The van der Waals surface area contributed by atoms with E-state index in [1.54, 1.807) is 6.07 Å². The van der Waals surface area contributed by atoms with Gasteiger partial charge in [-0.3, -0.25) is 9.48 Å². The van der Waals surface area contributed by atoms with Crippen LogP contribution in [0.1, 0.15) is 41.4 Å². The highest BCUT2D eigenvalue weighted by Gasteiger charge is 2.17. The Morgan fingerprint density at radius 2 is 2.15 bits per heavy atom. The molecule has 3 heterocycles. The summed E-state index contributed by atoms with van der Waals surface area (Å²) in [6, 6.07) is 6.12. The summed E-state index contributed by atoms with van der Waals surface area (Å²) < 4.78 is 1.91. The van der Waals surface area contributed by atoms with Crippen LogP contribution in [0.25, 0.3) is 0 Å². The second-order valence-electron chi connectivity index (χ2n) is 6.44. The minimum absolute atomic E-state index is 0. The summed E-state index contributed by atoms with van der Waals surface area (Å²) in [7, 11) is 0. The molecule has 1 aliphatic rings. The first kappa shape index (κ1) is 23.2. The highest BCUT2D eigenvalue weighted by atomic mass is 35.5. The molecule has 1 aliphatic heterocycles. The van der Waals surface area contributed by atoms with Gasteiger partial charge in [-0.15, -0.1) is 24.8 Å². The predicted octanol–water partition coefficient (Wildman–Crippen LogP) is 2.59. The molecule has 1 saturated heterocycles. The second-order valence-corrected chi connectivity index (χ2v) is 6.44. The molecule has 1 atom stereocenters. The molecule has 0 aliphatic carbocycles. The van der Waals surface area contributed by atoms with Gasteiger partial charge in [-0.05, 0) is 50.4 Å². The Hall–Kier alpha value is -1.83. The Balaban J connectivity index is 0.00000182. The fourth-order valence-electron chi connectivity index (χ4n) is 2.89. The van der Waals surface area contributed by atoms with Crippen LogP contribution in [0.5, 0.6) is 0 Å². The Morgan fingerprint density at radius 3 is 2.85 bits per heavy atom. The van der Waals surface area contributed by atoms with Gasteiger partial charge < -0.3 is 16.0 Å². The van der Waals surface area contributed by atoms with Crippen LogP contribution in [0.15, 0.2) is 30.6 Å². The molecule has 27 heavy (non-hydrogen) atoms. The molecule has 9 heteroatoms. The van der Waals surface area contributed by atoms with Crippen LogP contribution >= 0.6 is 24.8 Å². The van der Waals surface area contributed by atoms with Crippen molar-refractivity contribution >= 4 is 36.5 Å². The molecule has 7 nitrogen and oxygen atoms in total. The van der Waals surface area contributed by atoms with Gasteiger partial charge in [0.15, 0.2) is 0 Å². The van der Waals surface area contributed by atoms with Crippen molar-refractivity contribution in [2.45, 2.75) is 32.2 Å². The number of piperidine rings is 1. The van der Waals surface area contributed by atoms with E-state index >= 15 is 0 Å². The maximum absolute atomic E-state index is 12.2. The fourth-order valence-corrected chi connectivity index (χ4v) is 2.89. The van der Waals surface area contributed by atoms with E-state index in [1.807, 2.05) is 36.1 Å². The topological polar surface area (TPSA) is 83.9 Å². The molecule has 150 valence electrons. The van der Waals surface area contributed by atoms with Crippen molar-refractivity contribution in [2.75, 3.05) is 31.5 Å². The number of aryl methyl sites for hydroxylation is 1. The Morgan fingerprint density at radius 1 is 1.30 bits per heavy atom. The van der Waals surface area contributed by atoms with E-state index in [0.29, 0.717) is 18.3 Å². The van der Waals surface area contributed by atoms with Crippen molar-refractivity contribution in [3.8, 4) is 0 Å². The predicted molar refractivity (Wildman–Crippen MR) is 112 cm³/mol. The fraction of sp³-hybridized carbons (Fsp3) is 0.500. The van der Waals surface area contributed by atoms with Gasteiger partial charge in [0.1, 0.15) is 11.5 Å². The van der Waals surface area contributed by atoms with Crippen molar-refractivity contribution in [2.24, 2.45) is 0 Å². The van der Waals surface area contributed by atoms with E-state index in [1.165, 1.54) is 0 Å². The molecule has 0 radical (unpaired) electrons. The molecule has 1 fully saturated rings. The minimum Gasteiger partial charge on any atom is -0.370 e. The molecule has 1 amide bonds. The summed E-state index contributed by atoms with van der Waals surface area (Å²) in [6.07, 6.45) is 6.82. The third-order valence-electron chi connectivity index (χ3n) is 4.34. The van der Waals surface area contributed by atoms with Crippen molar-refractivity contribution in [3.63, 3.8) is 0 Å². The first-order valence-corrected chi connectivity index (χ1v) is 8.93. The standard InChI is InChI=1S/C18H26N6O.2ClH/c1-14-5-6-17(22-12-14)20-9-3-10-21-18(25)16-7-11-24(23-16)15-4-2-8-19-13-15;;/h5-7,11-12,15,19H,2-4,8-10,13H2,1H3,(H,20,22)(H,21,25);2*1H. The number of hydrogen-bond acceptors (Lipinski definition) is 5. The minimum atomic E-state index is -0.115. The molecular formula is C18H28Cl2N6O. The van der Waals surface area contributed by atoms with Gasteiger partial charge >= 0.3 is 0 Å². The number of carbonyl (C=O) groups is 1. The van der Waals surface area contributed by atoms with Gasteiger partial charge in [0, 0.05) is 32.0 Å². The number of amides is 1. The zero-order valence-corrected chi connectivity index (χ0v) is 17.1. The Kier molecular flexibility index (Phi) is 10.1. The molecule has 0 saturated carbocycles. The number of nitrogens with zero attached hydrogens (tertiary/aromatic N) is 3. The summed E-state index contributed by atoms with van der Waals surface area (Å²) in [4.78, 5) is 16.5. The molecule has 0 spiro atoms. The van der Waals surface area contributed by atoms with Crippen LogP contribution in [0, 0.1) is 6.92 Å². The number of carbonyl (C=O) groups excluding carboxylic acids is 1. The van der Waals surface area contributed by atoms with Crippen molar-refractivity contribution in [1.29, 1.82) is 0 Å². The molecule has 0 aromatic carbocycles. The van der Waals surface area contributed by atoms with Gasteiger partial charge in [-0.25, -0.2) is 4.98 Å². The monoisotopic (exact) mass is 414 g/mol. The van der Waals surface area contributed by atoms with Crippen LogP contribution in [-0.4, -0.2) is 46.9 Å². The number of halogens is 2. The summed E-state index contributed by atoms with van der Waals surface area (Å²) in [5, 5.41) is 14.0. The molecule has 3 N–H and O–H groups in total. The first-order chi connectivity index (χ1) is 12.2. The van der Waals surface area contributed by atoms with E-state index in [-0.39, 0.29) is 30.7 Å². The van der Waals surface area contributed by atoms with Crippen LogP contribution in [-0.2, 0) is 0 Å². The lowest BCUT2D eigenvalue weighted by Gasteiger charge is -2.22. The number of pyridine rings is 1. The van der Waals surface area contributed by atoms with E-state index in [2.05, 4.69) is 26.0 Å². The molecule has 2 aromatic rings. The van der Waals surface area contributed by atoms with Crippen LogP contribution in [0.4, 0.5) is 5.82 Å². The summed E-state index contributed by atoms with van der Waals surface area (Å²) in [5.41, 5.74) is 1.62. The summed E-state index contributed by atoms with van der Waals surface area (Å²) in [6.45, 7) is 5.37. The summed E-state index contributed by atoms with van der Waals surface area (Å²) in [5.74, 6) is 0.743. The number of hydrogen-bond donors (Lipinski definition) is 3. The van der Waals surface area contributed by atoms with Gasteiger partial charge in [-0.2, -0.15) is 5.10 Å². The lowest BCUT2D eigenvalue weighted by molar-refractivity contribution is 0.0947. The maximum Gasteiger partial charge on any atom is 0.271 e. The Labute approximate surface area is 172 Å². The van der Waals surface area contributed by atoms with Crippen molar-refractivity contribution in [1.82, 2.24) is 25.4 Å². The molecule has 3 rings (SSSR count). The van der Waals surface area contributed by atoms with Gasteiger partial charge in [0.05, 0.1) is 6.04 Å². The number of aromatic nitrogens is 3. The SMILES string of the molecule is Cc1ccc(NCCCNC(=O)c2ccn(C3CCCNC3)n2)nc1.Cl.Cl. The van der Waals surface area contributed by atoms with Crippen LogP contribution in [0.3, 0.4) is 0 Å². The quantitative estimate of drug-likeness (QED) is 0.606. The highest BCUT2D eigenvalue weighted by Crippen LogP contribution is 2.15. The molecule has 1 unspecified atom stereocenters. The number of anilines is 1. The molecule has 2 aromatic heterocycles. The zero-order chi connectivity index (χ0) is 17.5. The highest BCUT2D eigenvalue weighted by molar-refractivity contribution is 5.92. The average molecular weight is 415 g/mol. The maximum atomic E-state index is 12.2. The smallest absolute Gasteiger partial charge is 0.271 e. The Bertz CT molecular complexity index is 685. The van der Waals surface area contributed by atoms with Gasteiger partial charge in [0.2, 0.25) is 0 Å². The summed E-state index contributed by atoms with van der Waals surface area (Å²) >= 11 is 0. The van der Waals surface area contributed by atoms with E-state index < -0.39 is 0 Å². The third kappa shape index (κ3) is 7.01. The van der Waals surface area contributed by atoms with Gasteiger partial charge in [0.25, 0.3) is 5.91 Å². The number of nitrogens with one attached hydrogen (secondary N) is 3. The van der Waals surface area contributed by atoms with Crippen LogP contribution < -0.4 is 16.0 Å². The van der Waals surface area contributed by atoms with E-state index in [4.69, 9.17) is 0 Å². The second kappa shape index (κ2) is 11.8. The molecular weight excluding hydrogens is 387 g/mol. The largest absolute Gasteiger partial charge is 0.370 e. The molecule has 0 bridgehead atoms. The normalized spacial score (nSPS) is 16.0.